The van der Waals surface area contributed by atoms with Crippen LogP contribution in [0.3, 0.4) is 0 Å². The molecular formula is C23H18N4OS2. The number of rotatable bonds is 5. The van der Waals surface area contributed by atoms with Gasteiger partial charge in [-0.15, -0.1) is 11.3 Å². The molecule has 0 atom stereocenters. The molecule has 30 heavy (non-hydrogen) atoms. The molecular weight excluding hydrogens is 412 g/mol. The molecule has 0 bridgehead atoms. The number of aromatic nitrogens is 2. The first-order valence-corrected chi connectivity index (χ1v) is 11.3. The highest BCUT2D eigenvalue weighted by molar-refractivity contribution is 7.99. The molecule has 0 unspecified atom stereocenters. The van der Waals surface area contributed by atoms with Crippen LogP contribution in [0.25, 0.3) is 20.5 Å². The van der Waals surface area contributed by atoms with Gasteiger partial charge in [0.15, 0.2) is 5.16 Å². The van der Waals surface area contributed by atoms with Crippen molar-refractivity contribution in [2.45, 2.75) is 18.6 Å². The van der Waals surface area contributed by atoms with Gasteiger partial charge in [0.25, 0.3) is 0 Å². The summed E-state index contributed by atoms with van der Waals surface area (Å²) in [4.78, 5) is 26.7. The van der Waals surface area contributed by atoms with Crippen molar-refractivity contribution >= 4 is 51.0 Å². The molecule has 1 amide bonds. The van der Waals surface area contributed by atoms with Crippen molar-refractivity contribution in [1.29, 1.82) is 0 Å². The molecule has 4 aromatic rings. The van der Waals surface area contributed by atoms with Crippen LogP contribution in [0.1, 0.15) is 16.8 Å². The van der Waals surface area contributed by atoms with E-state index in [4.69, 9.17) is 0 Å². The summed E-state index contributed by atoms with van der Waals surface area (Å²) in [6.45, 7) is 2.58. The molecule has 0 saturated heterocycles. The zero-order valence-electron chi connectivity index (χ0n) is 16.3. The smallest absolute Gasteiger partial charge is 0.234 e. The molecule has 0 saturated carbocycles. The maximum atomic E-state index is 12.5. The predicted octanol–water partition coefficient (Wildman–Crippen LogP) is 5.33. The molecule has 0 fully saturated rings. The minimum Gasteiger partial charge on any atom is -0.325 e. The first kappa shape index (κ1) is 19.0. The van der Waals surface area contributed by atoms with Crippen molar-refractivity contribution in [3.63, 3.8) is 0 Å². The topological polar surface area (TPSA) is 67.2 Å². The van der Waals surface area contributed by atoms with Crippen LogP contribution in [0.15, 0.2) is 64.9 Å². The van der Waals surface area contributed by atoms with Crippen molar-refractivity contribution in [2.75, 3.05) is 11.1 Å². The van der Waals surface area contributed by atoms with E-state index in [1.54, 1.807) is 17.5 Å². The predicted molar refractivity (Wildman–Crippen MR) is 125 cm³/mol. The Bertz CT molecular complexity index is 1260. The summed E-state index contributed by atoms with van der Waals surface area (Å²) in [5, 5.41) is 4.87. The lowest BCUT2D eigenvalue weighted by Gasteiger charge is -2.11. The second-order valence-corrected chi connectivity index (χ2v) is 9.05. The second kappa shape index (κ2) is 8.01. The summed E-state index contributed by atoms with van der Waals surface area (Å²) in [7, 11) is 0. The minimum absolute atomic E-state index is 0.0812. The molecule has 148 valence electrons. The number of thiophene rings is 1. The Hall–Kier alpha value is -3.03. The van der Waals surface area contributed by atoms with Crippen molar-refractivity contribution in [3.8, 4) is 10.4 Å². The van der Waals surface area contributed by atoms with Crippen LogP contribution in [0, 0.1) is 6.92 Å². The lowest BCUT2D eigenvalue weighted by Crippen LogP contribution is -2.14. The quantitative estimate of drug-likeness (QED) is 0.343. The van der Waals surface area contributed by atoms with Gasteiger partial charge in [-0.2, -0.15) is 0 Å². The Balaban J connectivity index is 1.40. The number of hydrogen-bond donors (Lipinski definition) is 1. The number of nitrogens with zero attached hydrogens (tertiary/aromatic N) is 3. The largest absolute Gasteiger partial charge is 0.325 e. The summed E-state index contributed by atoms with van der Waals surface area (Å²) in [5.41, 5.74) is 5.08. The second-order valence-electron chi connectivity index (χ2n) is 7.03. The number of thioether (sulfide) groups is 1. The normalized spacial score (nSPS) is 12.3. The number of carbonyl (C=O) groups is 1. The van der Waals surface area contributed by atoms with Crippen LogP contribution < -0.4 is 5.32 Å². The van der Waals surface area contributed by atoms with Gasteiger partial charge < -0.3 is 5.32 Å². The van der Waals surface area contributed by atoms with Gasteiger partial charge >= 0.3 is 0 Å². The van der Waals surface area contributed by atoms with Crippen LogP contribution in [0.2, 0.25) is 0 Å². The van der Waals surface area contributed by atoms with E-state index in [1.807, 2.05) is 25.3 Å². The van der Waals surface area contributed by atoms with Gasteiger partial charge in [0.05, 0.1) is 12.3 Å². The fourth-order valence-electron chi connectivity index (χ4n) is 3.45. The molecule has 1 aliphatic heterocycles. The van der Waals surface area contributed by atoms with Gasteiger partial charge in [0, 0.05) is 38.9 Å². The monoisotopic (exact) mass is 430 g/mol. The highest BCUT2D eigenvalue weighted by Gasteiger charge is 2.17. The maximum absolute atomic E-state index is 12.5. The molecule has 0 spiro atoms. The van der Waals surface area contributed by atoms with Crippen LogP contribution in [0.4, 0.5) is 5.69 Å². The summed E-state index contributed by atoms with van der Waals surface area (Å²) in [5.74, 6) is 0.176. The summed E-state index contributed by atoms with van der Waals surface area (Å²) in [6.07, 6.45) is 3.59. The fraction of sp³-hybridized carbons (Fsp3) is 0.130. The van der Waals surface area contributed by atoms with Gasteiger partial charge in [-0.05, 0) is 53.8 Å². The number of carbonyl (C=O) groups excluding carboxylic acids is 1. The van der Waals surface area contributed by atoms with E-state index in [0.29, 0.717) is 11.7 Å². The summed E-state index contributed by atoms with van der Waals surface area (Å²) >= 11 is 3.10. The molecule has 2 aromatic heterocycles. The molecule has 0 aliphatic carbocycles. The van der Waals surface area contributed by atoms with Crippen molar-refractivity contribution in [2.24, 2.45) is 4.99 Å². The summed E-state index contributed by atoms with van der Waals surface area (Å²) in [6, 6.07) is 16.5. The third-order valence-electron chi connectivity index (χ3n) is 4.84. The third kappa shape index (κ3) is 3.86. The van der Waals surface area contributed by atoms with Crippen LogP contribution in [-0.2, 0) is 11.3 Å². The Kier molecular flexibility index (Phi) is 5.06. The lowest BCUT2D eigenvalue weighted by molar-refractivity contribution is -0.113. The number of aliphatic imine (C=N–C) groups is 1. The van der Waals surface area contributed by atoms with E-state index in [2.05, 4.69) is 56.7 Å². The van der Waals surface area contributed by atoms with Gasteiger partial charge in [0.2, 0.25) is 5.91 Å². The SMILES string of the molecule is Cc1ccnc(SCC(=O)Nc2cc3c(c(-c4cc5ccccc5s4)c2)CN=C3)n1. The van der Waals surface area contributed by atoms with Crippen LogP contribution >= 0.6 is 23.1 Å². The fourth-order valence-corrected chi connectivity index (χ4v) is 5.23. The van der Waals surface area contributed by atoms with Gasteiger partial charge in [-0.3, -0.25) is 9.79 Å². The third-order valence-corrected chi connectivity index (χ3v) is 6.85. The molecule has 2 aromatic carbocycles. The van der Waals surface area contributed by atoms with Crippen LogP contribution in [0.5, 0.6) is 0 Å². The summed E-state index contributed by atoms with van der Waals surface area (Å²) < 4.78 is 1.25. The van der Waals surface area contributed by atoms with E-state index < -0.39 is 0 Å². The molecule has 0 radical (unpaired) electrons. The maximum Gasteiger partial charge on any atom is 0.234 e. The van der Waals surface area contributed by atoms with Crippen LogP contribution in [-0.4, -0.2) is 27.8 Å². The zero-order valence-corrected chi connectivity index (χ0v) is 17.9. The number of fused-ring (bicyclic) bond motifs is 2. The Morgan fingerprint density at radius 2 is 2.10 bits per heavy atom. The first-order valence-electron chi connectivity index (χ1n) is 9.54. The molecule has 1 N–H and O–H groups in total. The zero-order chi connectivity index (χ0) is 20.5. The molecule has 3 heterocycles. The number of anilines is 1. The van der Waals surface area contributed by atoms with Gasteiger partial charge in [-0.25, -0.2) is 9.97 Å². The van der Waals surface area contributed by atoms with Gasteiger partial charge in [-0.1, -0.05) is 30.0 Å². The average molecular weight is 431 g/mol. The van der Waals surface area contributed by atoms with Crippen molar-refractivity contribution < 1.29 is 4.79 Å². The number of hydrogen-bond acceptors (Lipinski definition) is 6. The number of aryl methyl sites for hydroxylation is 1. The Morgan fingerprint density at radius 3 is 2.97 bits per heavy atom. The highest BCUT2D eigenvalue weighted by atomic mass is 32.2. The van der Waals surface area contributed by atoms with E-state index in [-0.39, 0.29) is 11.7 Å². The lowest BCUT2D eigenvalue weighted by atomic mass is 10.0. The van der Waals surface area contributed by atoms with Crippen molar-refractivity contribution in [1.82, 2.24) is 9.97 Å². The highest BCUT2D eigenvalue weighted by Crippen LogP contribution is 2.39. The minimum atomic E-state index is -0.0812. The van der Waals surface area contributed by atoms with Crippen molar-refractivity contribution in [3.05, 3.63) is 71.5 Å². The molecule has 5 nitrogen and oxygen atoms in total. The average Bonchev–Trinajstić information content (AvgIpc) is 3.38. The Labute approximate surface area is 182 Å². The van der Waals surface area contributed by atoms with E-state index in [9.17, 15) is 4.79 Å². The Morgan fingerprint density at radius 1 is 1.20 bits per heavy atom. The molecule has 5 rings (SSSR count). The standard InChI is InChI=1S/C23H18N4OS2/c1-14-6-7-25-23(26-14)29-13-22(28)27-17-8-16-11-24-12-19(16)18(10-17)21-9-15-4-2-3-5-20(15)30-21/h2-11H,12-13H2,1H3,(H,27,28). The molecule has 1 aliphatic rings. The van der Waals surface area contributed by atoms with Gasteiger partial charge in [0.1, 0.15) is 0 Å². The number of amides is 1. The van der Waals surface area contributed by atoms with E-state index in [1.165, 1.54) is 32.3 Å². The van der Waals surface area contributed by atoms with E-state index in [0.717, 1.165) is 22.5 Å². The van der Waals surface area contributed by atoms with E-state index >= 15 is 0 Å². The first-order chi connectivity index (χ1) is 14.7. The number of benzene rings is 2. The number of nitrogens with one attached hydrogen (secondary N) is 1. The molecule has 7 heteroatoms.